The first kappa shape index (κ1) is 14.6. The van der Waals surface area contributed by atoms with Crippen LogP contribution < -0.4 is 5.32 Å². The zero-order chi connectivity index (χ0) is 14.4. The highest BCUT2D eigenvalue weighted by molar-refractivity contribution is 5.74. The molecule has 1 N–H and O–H groups in total. The van der Waals surface area contributed by atoms with Crippen molar-refractivity contribution in [3.05, 3.63) is 48.6 Å². The summed E-state index contributed by atoms with van der Waals surface area (Å²) in [5.41, 5.74) is 1.24. The summed E-state index contributed by atoms with van der Waals surface area (Å²) in [7, 11) is 0. The van der Waals surface area contributed by atoms with Crippen LogP contribution in [0.1, 0.15) is 12.5 Å². The zero-order valence-corrected chi connectivity index (χ0v) is 11.9. The fraction of sp³-hybridized carbons (Fsp3) is 0.438. The first-order valence-electron chi connectivity index (χ1n) is 7.02. The molecule has 1 aromatic rings. The Morgan fingerprint density at radius 3 is 3.00 bits per heavy atom. The number of rotatable bonds is 4. The second kappa shape index (κ2) is 7.10. The fourth-order valence-electron chi connectivity index (χ4n) is 2.25. The molecular weight excluding hydrogens is 252 g/mol. The van der Waals surface area contributed by atoms with E-state index in [1.54, 1.807) is 6.08 Å². The molecule has 0 aromatic heterocycles. The molecule has 4 heteroatoms. The average molecular weight is 274 g/mol. The first-order chi connectivity index (χ1) is 9.69. The number of nitrogens with one attached hydrogen (secondary N) is 1. The van der Waals surface area contributed by atoms with E-state index < -0.39 is 0 Å². The highest BCUT2D eigenvalue weighted by Crippen LogP contribution is 2.12. The van der Waals surface area contributed by atoms with Crippen LogP contribution in [-0.4, -0.2) is 42.8 Å². The lowest BCUT2D eigenvalue weighted by atomic mass is 10.1. The number of carbonyl (C=O) groups excluding carboxylic acids is 1. The van der Waals surface area contributed by atoms with Crippen LogP contribution in [0.5, 0.6) is 0 Å². The van der Waals surface area contributed by atoms with Gasteiger partial charge in [-0.3, -0.25) is 0 Å². The summed E-state index contributed by atoms with van der Waals surface area (Å²) in [6.07, 6.45) is 2.62. The minimum absolute atomic E-state index is 0.0158. The van der Waals surface area contributed by atoms with Crippen molar-refractivity contribution >= 4 is 6.03 Å². The summed E-state index contributed by atoms with van der Waals surface area (Å²) < 4.78 is 5.75. The fourth-order valence-corrected chi connectivity index (χ4v) is 2.25. The van der Waals surface area contributed by atoms with Crippen LogP contribution in [0.3, 0.4) is 0 Å². The molecule has 0 spiro atoms. The number of hydrogen-bond donors (Lipinski definition) is 1. The molecule has 1 aromatic carbocycles. The van der Waals surface area contributed by atoms with Crippen LogP contribution in [0.4, 0.5) is 4.79 Å². The molecular formula is C16H22N2O2. The minimum Gasteiger partial charge on any atom is -0.374 e. The van der Waals surface area contributed by atoms with Crippen LogP contribution in [0.2, 0.25) is 0 Å². The molecule has 108 valence electrons. The van der Waals surface area contributed by atoms with Crippen molar-refractivity contribution in [3.63, 3.8) is 0 Å². The topological polar surface area (TPSA) is 41.6 Å². The largest absolute Gasteiger partial charge is 0.374 e. The van der Waals surface area contributed by atoms with Crippen molar-refractivity contribution in [1.82, 2.24) is 10.2 Å². The van der Waals surface area contributed by atoms with Gasteiger partial charge in [-0.1, -0.05) is 36.4 Å². The van der Waals surface area contributed by atoms with Crippen molar-refractivity contribution < 1.29 is 9.53 Å². The van der Waals surface area contributed by atoms with Crippen LogP contribution >= 0.6 is 0 Å². The Balaban J connectivity index is 1.88. The van der Waals surface area contributed by atoms with Crippen LogP contribution in [0.25, 0.3) is 0 Å². The minimum atomic E-state index is -0.0428. The van der Waals surface area contributed by atoms with Gasteiger partial charge in [-0.15, -0.1) is 6.58 Å². The van der Waals surface area contributed by atoms with E-state index in [0.29, 0.717) is 19.7 Å². The Bertz CT molecular complexity index is 447. The Kier molecular flexibility index (Phi) is 5.18. The Morgan fingerprint density at radius 2 is 2.30 bits per heavy atom. The third-order valence-corrected chi connectivity index (χ3v) is 3.44. The van der Waals surface area contributed by atoms with Gasteiger partial charge in [0, 0.05) is 25.6 Å². The second-order valence-electron chi connectivity index (χ2n) is 5.10. The smallest absolute Gasteiger partial charge is 0.318 e. The predicted molar refractivity (Wildman–Crippen MR) is 79.6 cm³/mol. The van der Waals surface area contributed by atoms with E-state index in [9.17, 15) is 4.79 Å². The molecule has 2 amide bonds. The predicted octanol–water partition coefficient (Wildman–Crippen LogP) is 2.21. The number of carbonyl (C=O) groups is 1. The van der Waals surface area contributed by atoms with Gasteiger partial charge in [0.15, 0.2) is 0 Å². The van der Waals surface area contributed by atoms with Gasteiger partial charge >= 0.3 is 6.03 Å². The molecule has 0 saturated carbocycles. The van der Waals surface area contributed by atoms with Crippen molar-refractivity contribution in [2.75, 3.05) is 19.7 Å². The van der Waals surface area contributed by atoms with E-state index in [-0.39, 0.29) is 18.2 Å². The van der Waals surface area contributed by atoms with E-state index in [2.05, 4.69) is 24.0 Å². The summed E-state index contributed by atoms with van der Waals surface area (Å²) in [6.45, 7) is 7.44. The van der Waals surface area contributed by atoms with Gasteiger partial charge in [0.2, 0.25) is 0 Å². The standard InChI is InChI=1S/C16H22N2O2/c1-3-13(2)17-16(19)18-9-10-20-15(12-18)11-14-7-5-4-6-8-14/h3-8,13,15H,1,9-12H2,2H3,(H,17,19). The lowest BCUT2D eigenvalue weighted by Gasteiger charge is -2.33. The third kappa shape index (κ3) is 4.10. The maximum absolute atomic E-state index is 12.1. The van der Waals surface area contributed by atoms with Gasteiger partial charge < -0.3 is 15.0 Å². The molecule has 20 heavy (non-hydrogen) atoms. The SMILES string of the molecule is C=CC(C)NC(=O)N1CCOC(Cc2ccccc2)C1. The van der Waals surface area contributed by atoms with E-state index >= 15 is 0 Å². The van der Waals surface area contributed by atoms with Gasteiger partial charge in [0.1, 0.15) is 0 Å². The molecule has 2 atom stereocenters. The number of hydrogen-bond acceptors (Lipinski definition) is 2. The quantitative estimate of drug-likeness (QED) is 0.855. The van der Waals surface area contributed by atoms with Crippen molar-refractivity contribution in [2.45, 2.75) is 25.5 Å². The van der Waals surface area contributed by atoms with E-state index in [1.165, 1.54) is 5.56 Å². The summed E-state index contributed by atoms with van der Waals surface area (Å²) in [5, 5.41) is 2.90. The lowest BCUT2D eigenvalue weighted by Crippen LogP contribution is -2.51. The molecule has 0 radical (unpaired) electrons. The maximum atomic E-state index is 12.1. The van der Waals surface area contributed by atoms with E-state index in [1.807, 2.05) is 30.0 Å². The Labute approximate surface area is 120 Å². The maximum Gasteiger partial charge on any atom is 0.318 e. The monoisotopic (exact) mass is 274 g/mol. The van der Waals surface area contributed by atoms with Crippen LogP contribution in [-0.2, 0) is 11.2 Å². The Morgan fingerprint density at radius 1 is 1.55 bits per heavy atom. The first-order valence-corrected chi connectivity index (χ1v) is 7.02. The van der Waals surface area contributed by atoms with Crippen molar-refractivity contribution in [3.8, 4) is 0 Å². The molecule has 1 fully saturated rings. The molecule has 0 aliphatic carbocycles. The van der Waals surface area contributed by atoms with Gasteiger partial charge in [-0.05, 0) is 12.5 Å². The van der Waals surface area contributed by atoms with E-state index in [4.69, 9.17) is 4.74 Å². The molecule has 2 rings (SSSR count). The summed E-state index contributed by atoms with van der Waals surface area (Å²) in [4.78, 5) is 13.9. The zero-order valence-electron chi connectivity index (χ0n) is 11.9. The van der Waals surface area contributed by atoms with E-state index in [0.717, 1.165) is 6.42 Å². The number of urea groups is 1. The third-order valence-electron chi connectivity index (χ3n) is 3.44. The normalized spacial score (nSPS) is 20.2. The molecule has 4 nitrogen and oxygen atoms in total. The molecule has 1 saturated heterocycles. The molecule has 1 aliphatic rings. The Hall–Kier alpha value is -1.81. The van der Waals surface area contributed by atoms with Gasteiger partial charge in [0.05, 0.1) is 12.7 Å². The summed E-state index contributed by atoms with van der Waals surface area (Å²) >= 11 is 0. The highest BCUT2D eigenvalue weighted by atomic mass is 16.5. The van der Waals surface area contributed by atoms with Crippen LogP contribution in [0, 0.1) is 0 Å². The highest BCUT2D eigenvalue weighted by Gasteiger charge is 2.24. The van der Waals surface area contributed by atoms with Crippen LogP contribution in [0.15, 0.2) is 43.0 Å². The second-order valence-corrected chi connectivity index (χ2v) is 5.10. The number of amides is 2. The average Bonchev–Trinajstić information content (AvgIpc) is 2.48. The van der Waals surface area contributed by atoms with Gasteiger partial charge in [-0.25, -0.2) is 4.79 Å². The number of ether oxygens (including phenoxy) is 1. The number of benzene rings is 1. The van der Waals surface area contributed by atoms with Crippen molar-refractivity contribution in [2.24, 2.45) is 0 Å². The number of nitrogens with zero attached hydrogens (tertiary/aromatic N) is 1. The molecule has 1 aliphatic heterocycles. The lowest BCUT2D eigenvalue weighted by molar-refractivity contribution is -0.0134. The van der Waals surface area contributed by atoms with Gasteiger partial charge in [0.25, 0.3) is 0 Å². The van der Waals surface area contributed by atoms with Crippen molar-refractivity contribution in [1.29, 1.82) is 0 Å². The molecule has 2 unspecified atom stereocenters. The van der Waals surface area contributed by atoms with Gasteiger partial charge in [-0.2, -0.15) is 0 Å². The number of morpholine rings is 1. The summed E-state index contributed by atoms with van der Waals surface area (Å²) in [6, 6.07) is 10.2. The molecule has 0 bridgehead atoms. The molecule has 1 heterocycles. The summed E-state index contributed by atoms with van der Waals surface area (Å²) in [5.74, 6) is 0.